The predicted octanol–water partition coefficient (Wildman–Crippen LogP) is 15.3. The third-order valence-corrected chi connectivity index (χ3v) is 1.29. The molecule has 0 saturated heterocycles. The predicted molar refractivity (Wildman–Crippen MR) is 177 cm³/mol. The third-order valence-electron chi connectivity index (χ3n) is 1.29. The number of hydrogen-bond donors (Lipinski definition) is 0. The molecule has 0 radical (unpaired) electrons. The highest BCUT2D eigenvalue weighted by atomic mass is 13.9. The zero-order chi connectivity index (χ0) is 30.7. The Hall–Kier alpha value is -0.260. The lowest BCUT2D eigenvalue weighted by Gasteiger charge is -1.90. The second-order valence-corrected chi connectivity index (χ2v) is 5.22. The van der Waals surface area contributed by atoms with Gasteiger partial charge in [-0.2, -0.15) is 0 Å². The molecule has 0 spiro atoms. The first-order chi connectivity index (χ1) is 15.8. The van der Waals surface area contributed by atoms with Gasteiger partial charge >= 0.3 is 0 Å². The van der Waals surface area contributed by atoms with Crippen molar-refractivity contribution in [3.63, 3.8) is 0 Å². The molecule has 0 aliphatic carbocycles. The molecule has 0 N–H and O–H groups in total. The summed E-state index contributed by atoms with van der Waals surface area (Å²) in [5.74, 6) is 1.72. The Morgan fingerprint density at radius 3 is 0.576 bits per heavy atom. The van der Waals surface area contributed by atoms with Crippen molar-refractivity contribution in [2.24, 2.45) is 11.8 Å². The maximum Gasteiger partial charge on any atom is -0.0379 e. The first kappa shape index (κ1) is 76.7. The van der Waals surface area contributed by atoms with Crippen LogP contribution >= 0.6 is 0 Å². The summed E-state index contributed by atoms with van der Waals surface area (Å²) in [5, 5.41) is 0. The van der Waals surface area contributed by atoms with Gasteiger partial charge in [-0.1, -0.05) is 198 Å². The van der Waals surface area contributed by atoms with Crippen molar-refractivity contribution in [2.45, 2.75) is 199 Å². The Kier molecular flexibility index (Phi) is 604. The summed E-state index contributed by atoms with van der Waals surface area (Å²) >= 11 is 0. The highest BCUT2D eigenvalue weighted by Crippen LogP contribution is 1.93. The zero-order valence-electron chi connectivity index (χ0n) is 30.4. The summed E-state index contributed by atoms with van der Waals surface area (Å²) in [6.07, 6.45) is 7.90. The van der Waals surface area contributed by atoms with Crippen LogP contribution in [0, 0.1) is 11.8 Å². The van der Waals surface area contributed by atoms with Gasteiger partial charge in [0.1, 0.15) is 0 Å². The van der Waals surface area contributed by atoms with E-state index < -0.39 is 0 Å². The number of hydrogen-bond acceptors (Lipinski definition) is 0. The average Bonchev–Trinajstić information content (AvgIpc) is 2.90. The molecule has 220 valence electrons. The molecule has 0 heteroatoms. The lowest BCUT2D eigenvalue weighted by molar-refractivity contribution is 0.626. The molecular formula is C33H88. The minimum Gasteiger partial charge on any atom is -0.0917 e. The van der Waals surface area contributed by atoms with Crippen molar-refractivity contribution in [3.05, 3.63) is 12.2 Å². The normalized spacial score (nSPS) is 6.06. The summed E-state index contributed by atoms with van der Waals surface area (Å²) in [6.45, 7) is 53.5. The van der Waals surface area contributed by atoms with E-state index in [0.717, 1.165) is 18.3 Å². The molecule has 0 fully saturated rings. The molecule has 0 aromatic carbocycles. The van der Waals surface area contributed by atoms with Gasteiger partial charge in [0.15, 0.2) is 0 Å². The molecule has 0 unspecified atom stereocenters. The zero-order valence-corrected chi connectivity index (χ0v) is 30.4. The molecule has 33 heavy (non-hydrogen) atoms. The van der Waals surface area contributed by atoms with Crippen molar-refractivity contribution in [3.8, 4) is 0 Å². The summed E-state index contributed by atoms with van der Waals surface area (Å²) < 4.78 is 0. The second-order valence-electron chi connectivity index (χ2n) is 5.22. The molecule has 0 rings (SSSR count). The number of allylic oxidation sites excluding steroid dienone is 2. The summed E-state index contributed by atoms with van der Waals surface area (Å²) in [5.41, 5.74) is 0. The first-order valence-corrected chi connectivity index (χ1v) is 15.4. The van der Waals surface area contributed by atoms with Gasteiger partial charge in [0.2, 0.25) is 0 Å². The van der Waals surface area contributed by atoms with Crippen LogP contribution < -0.4 is 0 Å². The van der Waals surface area contributed by atoms with E-state index >= 15 is 0 Å². The maximum atomic E-state index is 2.22. The van der Waals surface area contributed by atoms with E-state index in [0.29, 0.717) is 0 Å². The molecule has 0 saturated carbocycles. The Morgan fingerprint density at radius 1 is 0.455 bits per heavy atom. The van der Waals surface area contributed by atoms with Crippen LogP contribution in [0.25, 0.3) is 0 Å². The van der Waals surface area contributed by atoms with Crippen LogP contribution in [0.5, 0.6) is 0 Å². The van der Waals surface area contributed by atoms with E-state index in [9.17, 15) is 0 Å². The fraction of sp³-hybridized carbons (Fsp3) is 0.939. The van der Waals surface area contributed by atoms with Gasteiger partial charge in [0, 0.05) is 0 Å². The lowest BCUT2D eigenvalue weighted by Crippen LogP contribution is -1.77. The van der Waals surface area contributed by atoms with Gasteiger partial charge in [-0.25, -0.2) is 0 Å². The highest BCUT2D eigenvalue weighted by molar-refractivity contribution is 4.73. The van der Waals surface area contributed by atoms with Crippen LogP contribution in [0.15, 0.2) is 12.2 Å². The van der Waals surface area contributed by atoms with Crippen molar-refractivity contribution in [2.75, 3.05) is 0 Å². The van der Waals surface area contributed by atoms with Crippen molar-refractivity contribution < 1.29 is 0 Å². The average molecular weight is 485 g/mol. The molecule has 0 aliphatic heterocycles. The molecule has 0 aliphatic rings. The van der Waals surface area contributed by atoms with Crippen molar-refractivity contribution in [1.82, 2.24) is 0 Å². The fourth-order valence-electron chi connectivity index (χ4n) is 0.236. The van der Waals surface area contributed by atoms with E-state index in [1.165, 1.54) is 12.8 Å². The Bertz CT molecular complexity index is 95.9. The fourth-order valence-corrected chi connectivity index (χ4v) is 0.236. The highest BCUT2D eigenvalue weighted by Gasteiger charge is 1.80. The third kappa shape index (κ3) is 2010. The van der Waals surface area contributed by atoms with Crippen LogP contribution in [0.1, 0.15) is 199 Å². The smallest absolute Gasteiger partial charge is 0.0379 e. The molecule has 0 heterocycles. The monoisotopic (exact) mass is 485 g/mol. The maximum absolute atomic E-state index is 2.22. The molecule has 0 aromatic rings. The summed E-state index contributed by atoms with van der Waals surface area (Å²) in [6, 6.07) is 0. The molecular weight excluding hydrogens is 396 g/mol. The topological polar surface area (TPSA) is 0 Å². The van der Waals surface area contributed by atoms with E-state index in [1.807, 2.05) is 118 Å². The minimum atomic E-state index is 0.833. The summed E-state index contributed by atoms with van der Waals surface area (Å²) in [4.78, 5) is 0. The Labute approximate surface area is 223 Å². The van der Waals surface area contributed by atoms with Gasteiger partial charge in [-0.05, 0) is 25.2 Å². The van der Waals surface area contributed by atoms with Crippen LogP contribution in [-0.2, 0) is 0 Å². The van der Waals surface area contributed by atoms with E-state index in [2.05, 4.69) is 74.5 Å². The van der Waals surface area contributed by atoms with Gasteiger partial charge in [-0.3, -0.25) is 0 Å². The minimum absolute atomic E-state index is 0.833. The summed E-state index contributed by atoms with van der Waals surface area (Å²) in [7, 11) is 0. The second kappa shape index (κ2) is 260. The lowest BCUT2D eigenvalue weighted by atomic mass is 10.2. The standard InChI is InChI=1S/C5H12.C5H10.C4H10.C3H8.8C2H6/c1-4-5(2)3;1-3-5-4-2;1-4(2)3;1-3-2;8*1-2/h5H,4H2,1-3H3;3,5H,4H2,1-2H3;4H,1-3H3;3H2,1-2H3;8*1-2H3. The van der Waals surface area contributed by atoms with E-state index in [-0.39, 0.29) is 0 Å². The number of rotatable bonds is 2. The van der Waals surface area contributed by atoms with Gasteiger partial charge < -0.3 is 0 Å². The van der Waals surface area contributed by atoms with Crippen molar-refractivity contribution in [1.29, 1.82) is 0 Å². The van der Waals surface area contributed by atoms with Crippen LogP contribution in [0.4, 0.5) is 0 Å². The molecule has 0 aromatic heterocycles. The molecule has 0 bridgehead atoms. The van der Waals surface area contributed by atoms with Gasteiger partial charge in [0.25, 0.3) is 0 Å². The van der Waals surface area contributed by atoms with E-state index in [1.54, 1.807) is 0 Å². The van der Waals surface area contributed by atoms with E-state index in [4.69, 9.17) is 0 Å². The van der Waals surface area contributed by atoms with Gasteiger partial charge in [0.05, 0.1) is 0 Å². The van der Waals surface area contributed by atoms with Crippen LogP contribution in [-0.4, -0.2) is 0 Å². The van der Waals surface area contributed by atoms with Crippen LogP contribution in [0.2, 0.25) is 0 Å². The Balaban J connectivity index is -0.0000000150. The van der Waals surface area contributed by atoms with Gasteiger partial charge in [-0.15, -0.1) is 0 Å². The Morgan fingerprint density at radius 2 is 0.576 bits per heavy atom. The molecule has 0 nitrogen and oxygen atoms in total. The molecule has 0 amide bonds. The van der Waals surface area contributed by atoms with Crippen molar-refractivity contribution >= 4 is 0 Å². The first-order valence-electron chi connectivity index (χ1n) is 15.4. The SMILES string of the molecule is CC.CC.CC.CC.CC.CC.CC.CC.CC(C)C.CC=CCC.CCC.CCC(C)C. The van der Waals surface area contributed by atoms with Crippen LogP contribution in [0.3, 0.4) is 0 Å². The largest absolute Gasteiger partial charge is 0.0917 e. The molecule has 0 atom stereocenters. The quantitative estimate of drug-likeness (QED) is 0.342.